The molecular weight excluding hydrogens is 264 g/mol. The van der Waals surface area contributed by atoms with Crippen LogP contribution in [0.4, 0.5) is 11.4 Å². The minimum atomic E-state index is 0.00456. The Balaban J connectivity index is 2.05. The zero-order valence-electron chi connectivity index (χ0n) is 12.3. The molecule has 0 fully saturated rings. The lowest BCUT2D eigenvalue weighted by atomic mass is 9.97. The fourth-order valence-electron chi connectivity index (χ4n) is 2.19. The Bertz CT molecular complexity index is 623. The van der Waals surface area contributed by atoms with Crippen LogP contribution in [0.15, 0.2) is 48.5 Å². The zero-order valence-corrected chi connectivity index (χ0v) is 12.3. The molecule has 0 aliphatic rings. The smallest absolute Gasteiger partial charge is 0.227 e. The Morgan fingerprint density at radius 2 is 1.90 bits per heavy atom. The van der Waals surface area contributed by atoms with E-state index in [-0.39, 0.29) is 17.6 Å². The van der Waals surface area contributed by atoms with Crippen LogP contribution in [0.25, 0.3) is 0 Å². The average Bonchev–Trinajstić information content (AvgIpc) is 2.47. The first-order valence-corrected chi connectivity index (χ1v) is 6.88. The number of hydrogen-bond donors (Lipinski definition) is 2. The summed E-state index contributed by atoms with van der Waals surface area (Å²) in [5.41, 5.74) is 8.15. The number of amides is 1. The summed E-state index contributed by atoms with van der Waals surface area (Å²) >= 11 is 0. The van der Waals surface area contributed by atoms with Gasteiger partial charge in [-0.1, -0.05) is 25.1 Å². The highest BCUT2D eigenvalue weighted by molar-refractivity contribution is 5.93. The predicted molar refractivity (Wildman–Crippen MR) is 85.4 cm³/mol. The van der Waals surface area contributed by atoms with E-state index in [9.17, 15) is 9.90 Å². The maximum atomic E-state index is 12.3. The molecule has 2 rings (SSSR count). The molecular formula is C17H20N2O2. The van der Waals surface area contributed by atoms with Crippen molar-refractivity contribution in [1.82, 2.24) is 0 Å². The van der Waals surface area contributed by atoms with Gasteiger partial charge in [0.25, 0.3) is 0 Å². The summed E-state index contributed by atoms with van der Waals surface area (Å²) in [5.74, 6) is 0.265. The van der Waals surface area contributed by atoms with Gasteiger partial charge < -0.3 is 15.7 Å². The largest absolute Gasteiger partial charge is 0.508 e. The van der Waals surface area contributed by atoms with Crippen LogP contribution in [-0.2, 0) is 4.79 Å². The molecule has 1 amide bonds. The van der Waals surface area contributed by atoms with E-state index in [2.05, 4.69) is 0 Å². The van der Waals surface area contributed by atoms with Crippen LogP contribution in [0.3, 0.4) is 0 Å². The van der Waals surface area contributed by atoms with Crippen molar-refractivity contribution in [3.05, 3.63) is 54.1 Å². The maximum absolute atomic E-state index is 12.3. The Morgan fingerprint density at radius 3 is 2.52 bits per heavy atom. The topological polar surface area (TPSA) is 66.6 Å². The quantitative estimate of drug-likeness (QED) is 0.848. The fourth-order valence-corrected chi connectivity index (χ4v) is 2.19. The number of nitrogens with zero attached hydrogens (tertiary/aromatic N) is 1. The van der Waals surface area contributed by atoms with Gasteiger partial charge in [-0.2, -0.15) is 0 Å². The van der Waals surface area contributed by atoms with Crippen molar-refractivity contribution in [2.24, 2.45) is 0 Å². The van der Waals surface area contributed by atoms with E-state index in [4.69, 9.17) is 5.73 Å². The molecule has 110 valence electrons. The predicted octanol–water partition coefficient (Wildman–Crippen LogP) is 3.13. The second-order valence-corrected chi connectivity index (χ2v) is 5.24. The van der Waals surface area contributed by atoms with Crippen molar-refractivity contribution >= 4 is 17.3 Å². The fraction of sp³-hybridized carbons (Fsp3) is 0.235. The first-order chi connectivity index (χ1) is 9.97. The van der Waals surface area contributed by atoms with Crippen molar-refractivity contribution in [3.63, 3.8) is 0 Å². The third-order valence-electron chi connectivity index (χ3n) is 3.58. The van der Waals surface area contributed by atoms with Gasteiger partial charge in [0.1, 0.15) is 5.75 Å². The van der Waals surface area contributed by atoms with Gasteiger partial charge in [-0.15, -0.1) is 0 Å². The van der Waals surface area contributed by atoms with Crippen LogP contribution >= 0.6 is 0 Å². The molecule has 4 heteroatoms. The highest BCUT2D eigenvalue weighted by Gasteiger charge is 2.16. The third kappa shape index (κ3) is 3.75. The van der Waals surface area contributed by atoms with Crippen LogP contribution in [0.2, 0.25) is 0 Å². The minimum absolute atomic E-state index is 0.00456. The molecule has 0 spiro atoms. The normalized spacial score (nSPS) is 11.9. The Hall–Kier alpha value is -2.49. The molecule has 0 saturated carbocycles. The Kier molecular flexibility index (Phi) is 4.48. The number of phenolic OH excluding ortho intramolecular Hbond substituents is 1. The molecule has 0 bridgehead atoms. The van der Waals surface area contributed by atoms with E-state index in [1.165, 1.54) is 0 Å². The summed E-state index contributed by atoms with van der Waals surface area (Å²) < 4.78 is 0. The van der Waals surface area contributed by atoms with E-state index < -0.39 is 0 Å². The molecule has 0 radical (unpaired) electrons. The molecule has 3 N–H and O–H groups in total. The molecule has 21 heavy (non-hydrogen) atoms. The Morgan fingerprint density at radius 1 is 1.24 bits per heavy atom. The van der Waals surface area contributed by atoms with E-state index in [0.29, 0.717) is 17.8 Å². The lowest BCUT2D eigenvalue weighted by molar-refractivity contribution is -0.118. The molecule has 1 unspecified atom stereocenters. The van der Waals surface area contributed by atoms with Crippen LogP contribution in [0.5, 0.6) is 5.75 Å². The number of hydrogen-bond acceptors (Lipinski definition) is 3. The zero-order chi connectivity index (χ0) is 15.4. The molecule has 0 saturated heterocycles. The van der Waals surface area contributed by atoms with Gasteiger partial charge in [0, 0.05) is 30.9 Å². The molecule has 0 aliphatic heterocycles. The molecule has 2 aromatic rings. The van der Waals surface area contributed by atoms with Gasteiger partial charge in [-0.25, -0.2) is 0 Å². The van der Waals surface area contributed by atoms with E-state index >= 15 is 0 Å². The number of benzene rings is 2. The van der Waals surface area contributed by atoms with E-state index in [1.807, 2.05) is 31.2 Å². The number of aromatic hydroxyl groups is 1. The van der Waals surface area contributed by atoms with Crippen LogP contribution in [0.1, 0.15) is 24.8 Å². The summed E-state index contributed by atoms with van der Waals surface area (Å²) in [6, 6.07) is 14.3. The van der Waals surface area contributed by atoms with Crippen LogP contribution < -0.4 is 10.6 Å². The number of carbonyl (C=O) groups excluding carboxylic acids is 1. The monoisotopic (exact) mass is 284 g/mol. The summed E-state index contributed by atoms with van der Waals surface area (Å²) in [4.78, 5) is 13.9. The van der Waals surface area contributed by atoms with Gasteiger partial charge in [-0.05, 0) is 35.7 Å². The van der Waals surface area contributed by atoms with Gasteiger partial charge in [0.05, 0.1) is 0 Å². The van der Waals surface area contributed by atoms with Crippen LogP contribution in [-0.4, -0.2) is 18.1 Å². The highest BCUT2D eigenvalue weighted by Crippen LogP contribution is 2.24. The van der Waals surface area contributed by atoms with E-state index in [1.54, 1.807) is 36.2 Å². The number of phenols is 1. The molecule has 1 atom stereocenters. The van der Waals surface area contributed by atoms with Crippen molar-refractivity contribution in [2.75, 3.05) is 17.7 Å². The summed E-state index contributed by atoms with van der Waals surface area (Å²) in [6.07, 6.45) is 0.399. The molecule has 0 aliphatic carbocycles. The van der Waals surface area contributed by atoms with Gasteiger partial charge in [0.2, 0.25) is 5.91 Å². The maximum Gasteiger partial charge on any atom is 0.227 e. The summed E-state index contributed by atoms with van der Waals surface area (Å²) in [6.45, 7) is 2.01. The molecule has 0 heterocycles. The number of nitrogens with two attached hydrogens (primary N) is 1. The second-order valence-electron chi connectivity index (χ2n) is 5.24. The highest BCUT2D eigenvalue weighted by atomic mass is 16.3. The summed E-state index contributed by atoms with van der Waals surface area (Å²) in [7, 11) is 1.72. The summed E-state index contributed by atoms with van der Waals surface area (Å²) in [5, 5.41) is 9.48. The van der Waals surface area contributed by atoms with Crippen molar-refractivity contribution in [3.8, 4) is 5.75 Å². The average molecular weight is 284 g/mol. The second kappa shape index (κ2) is 6.31. The van der Waals surface area contributed by atoms with Crippen molar-refractivity contribution < 1.29 is 9.90 Å². The first-order valence-electron chi connectivity index (χ1n) is 6.88. The lowest BCUT2D eigenvalue weighted by Gasteiger charge is -2.20. The van der Waals surface area contributed by atoms with Crippen LogP contribution in [0, 0.1) is 0 Å². The number of carbonyl (C=O) groups is 1. The van der Waals surface area contributed by atoms with E-state index in [0.717, 1.165) is 5.56 Å². The standard InChI is InChI=1S/C17H20N2O2/c1-12(13-6-8-14(18)9-7-13)10-17(21)19(2)15-4-3-5-16(20)11-15/h3-9,11-12,20H,10,18H2,1-2H3. The molecule has 0 aromatic heterocycles. The Labute approximate surface area is 124 Å². The number of rotatable bonds is 4. The number of anilines is 2. The molecule has 2 aromatic carbocycles. The van der Waals surface area contributed by atoms with Gasteiger partial charge in [0.15, 0.2) is 0 Å². The van der Waals surface area contributed by atoms with Gasteiger partial charge >= 0.3 is 0 Å². The third-order valence-corrected chi connectivity index (χ3v) is 3.58. The first kappa shape index (κ1) is 14.9. The minimum Gasteiger partial charge on any atom is -0.508 e. The molecule has 4 nitrogen and oxygen atoms in total. The SMILES string of the molecule is CC(CC(=O)N(C)c1cccc(O)c1)c1ccc(N)cc1. The van der Waals surface area contributed by atoms with Gasteiger partial charge in [-0.3, -0.25) is 4.79 Å². The van der Waals surface area contributed by atoms with Crippen molar-refractivity contribution in [1.29, 1.82) is 0 Å². The lowest BCUT2D eigenvalue weighted by Crippen LogP contribution is -2.27. The number of nitrogen functional groups attached to an aromatic ring is 1. The van der Waals surface area contributed by atoms with Crippen molar-refractivity contribution in [2.45, 2.75) is 19.3 Å².